The summed E-state index contributed by atoms with van der Waals surface area (Å²) >= 11 is 0. The summed E-state index contributed by atoms with van der Waals surface area (Å²) in [6.07, 6.45) is 0. The van der Waals surface area contributed by atoms with Crippen molar-refractivity contribution in [2.24, 2.45) is 0 Å². The van der Waals surface area contributed by atoms with Crippen LogP contribution in [0.3, 0.4) is 0 Å². The molecule has 0 spiro atoms. The Balaban J connectivity index is 1.47. The Kier molecular flexibility index (Phi) is 6.73. The largest absolute Gasteiger partial charge is 0.497 e. The molecule has 152 valence electrons. The molecule has 0 aliphatic rings. The van der Waals surface area contributed by atoms with Crippen LogP contribution in [0.2, 0.25) is 0 Å². The Morgan fingerprint density at radius 3 is 2.41 bits per heavy atom. The van der Waals surface area contributed by atoms with Crippen molar-refractivity contribution in [2.45, 2.75) is 20.5 Å². The summed E-state index contributed by atoms with van der Waals surface area (Å²) < 4.78 is 26.8. The van der Waals surface area contributed by atoms with Crippen LogP contribution in [0.1, 0.15) is 27.4 Å². The van der Waals surface area contributed by atoms with E-state index < -0.39 is 5.97 Å². The number of aromatic nitrogens is 1. The molecule has 3 rings (SSSR count). The molecule has 7 heteroatoms. The van der Waals surface area contributed by atoms with Gasteiger partial charge in [-0.05, 0) is 56.3 Å². The van der Waals surface area contributed by atoms with Gasteiger partial charge in [-0.3, -0.25) is 0 Å². The van der Waals surface area contributed by atoms with Crippen molar-refractivity contribution in [1.29, 1.82) is 0 Å². The minimum absolute atomic E-state index is 0.134. The highest BCUT2D eigenvalue weighted by atomic mass is 16.6. The molecule has 0 unspecified atom stereocenters. The fourth-order valence-electron chi connectivity index (χ4n) is 2.63. The van der Waals surface area contributed by atoms with Crippen molar-refractivity contribution in [3.05, 3.63) is 71.1 Å². The Bertz CT molecular complexity index is 929. The molecule has 0 fully saturated rings. The monoisotopic (exact) mass is 397 g/mol. The molecule has 3 aromatic rings. The van der Waals surface area contributed by atoms with Crippen LogP contribution in [0, 0.1) is 13.8 Å². The first-order valence-corrected chi connectivity index (χ1v) is 9.15. The number of carbonyl (C=O) groups is 1. The molecule has 0 amide bonds. The molecule has 0 bridgehead atoms. The van der Waals surface area contributed by atoms with Crippen molar-refractivity contribution in [3.63, 3.8) is 0 Å². The molecule has 0 aliphatic carbocycles. The van der Waals surface area contributed by atoms with E-state index in [9.17, 15) is 4.79 Å². The summed E-state index contributed by atoms with van der Waals surface area (Å²) in [5.74, 6) is 2.27. The predicted molar refractivity (Wildman–Crippen MR) is 106 cm³/mol. The van der Waals surface area contributed by atoms with Crippen LogP contribution in [-0.2, 0) is 11.3 Å². The van der Waals surface area contributed by atoms with Gasteiger partial charge < -0.3 is 23.5 Å². The molecule has 0 radical (unpaired) electrons. The predicted octanol–water partition coefficient (Wildman–Crippen LogP) is 4.11. The number of rotatable bonds is 9. The maximum Gasteiger partial charge on any atom is 0.338 e. The number of ether oxygens (including phenoxy) is 4. The van der Waals surface area contributed by atoms with Crippen molar-refractivity contribution < 1.29 is 28.3 Å². The fraction of sp³-hybridized carbons (Fsp3) is 0.273. The Labute approximate surface area is 169 Å². The minimum Gasteiger partial charge on any atom is -0.497 e. The highest BCUT2D eigenvalue weighted by molar-refractivity contribution is 5.89. The van der Waals surface area contributed by atoms with Gasteiger partial charge in [-0.15, -0.1) is 0 Å². The van der Waals surface area contributed by atoms with Crippen molar-refractivity contribution in [3.8, 4) is 17.2 Å². The number of hydrogen-bond acceptors (Lipinski definition) is 7. The Hall–Kier alpha value is -3.48. The fourth-order valence-corrected chi connectivity index (χ4v) is 2.63. The second kappa shape index (κ2) is 9.64. The van der Waals surface area contributed by atoms with Crippen LogP contribution in [0.15, 0.2) is 53.1 Å². The number of esters is 1. The SMILES string of the molecule is COc1ccc(OCCOC(=O)c2cccc(OCc3c(C)noc3C)c2)cc1. The number of hydrogen-bond donors (Lipinski definition) is 0. The first-order valence-electron chi connectivity index (χ1n) is 9.15. The van der Waals surface area contributed by atoms with Crippen LogP contribution in [0.25, 0.3) is 0 Å². The van der Waals surface area contributed by atoms with E-state index in [4.69, 9.17) is 23.5 Å². The molecular weight excluding hydrogens is 374 g/mol. The van der Waals surface area contributed by atoms with E-state index in [-0.39, 0.29) is 13.2 Å². The van der Waals surface area contributed by atoms with Gasteiger partial charge in [0.1, 0.15) is 42.8 Å². The summed E-state index contributed by atoms with van der Waals surface area (Å²) in [5.41, 5.74) is 2.09. The number of aryl methyl sites for hydroxylation is 2. The van der Waals surface area contributed by atoms with Gasteiger partial charge in [0.25, 0.3) is 0 Å². The zero-order valence-corrected chi connectivity index (χ0v) is 16.6. The average Bonchev–Trinajstić information content (AvgIpc) is 3.07. The lowest BCUT2D eigenvalue weighted by molar-refractivity contribution is 0.0450. The molecule has 29 heavy (non-hydrogen) atoms. The molecule has 0 atom stereocenters. The highest BCUT2D eigenvalue weighted by Gasteiger charge is 2.12. The standard InChI is InChI=1S/C22H23NO6/c1-15-21(16(2)29-23-15)14-28-20-6-4-5-17(13-20)22(24)27-12-11-26-19-9-7-18(25-3)8-10-19/h4-10,13H,11-12,14H2,1-3H3. The van der Waals surface area contributed by atoms with Crippen LogP contribution in [-0.4, -0.2) is 31.4 Å². The van der Waals surface area contributed by atoms with E-state index in [2.05, 4.69) is 5.16 Å². The second-order valence-corrected chi connectivity index (χ2v) is 6.28. The van der Waals surface area contributed by atoms with E-state index in [0.29, 0.717) is 23.7 Å². The molecule has 1 heterocycles. The second-order valence-electron chi connectivity index (χ2n) is 6.28. The zero-order chi connectivity index (χ0) is 20.6. The highest BCUT2D eigenvalue weighted by Crippen LogP contribution is 2.19. The lowest BCUT2D eigenvalue weighted by Crippen LogP contribution is -2.12. The van der Waals surface area contributed by atoms with Crippen LogP contribution < -0.4 is 14.2 Å². The van der Waals surface area contributed by atoms with Gasteiger partial charge in [0.05, 0.1) is 23.9 Å². The minimum atomic E-state index is -0.439. The summed E-state index contributed by atoms with van der Waals surface area (Å²) in [5, 5.41) is 3.90. The van der Waals surface area contributed by atoms with Crippen molar-refractivity contribution in [2.75, 3.05) is 20.3 Å². The van der Waals surface area contributed by atoms with Crippen molar-refractivity contribution in [1.82, 2.24) is 5.16 Å². The van der Waals surface area contributed by atoms with Crippen LogP contribution in [0.4, 0.5) is 0 Å². The lowest BCUT2D eigenvalue weighted by atomic mass is 10.2. The van der Waals surface area contributed by atoms with E-state index in [0.717, 1.165) is 22.8 Å². The van der Waals surface area contributed by atoms with Crippen molar-refractivity contribution >= 4 is 5.97 Å². The van der Waals surface area contributed by atoms with Gasteiger partial charge in [0.2, 0.25) is 0 Å². The van der Waals surface area contributed by atoms with E-state index in [1.165, 1.54) is 0 Å². The third-order valence-corrected chi connectivity index (χ3v) is 4.28. The Morgan fingerprint density at radius 2 is 1.72 bits per heavy atom. The van der Waals surface area contributed by atoms with Crippen LogP contribution >= 0.6 is 0 Å². The summed E-state index contributed by atoms with van der Waals surface area (Å²) in [6.45, 7) is 4.39. The van der Waals surface area contributed by atoms with Gasteiger partial charge in [-0.2, -0.15) is 0 Å². The van der Waals surface area contributed by atoms with E-state index in [1.54, 1.807) is 55.6 Å². The van der Waals surface area contributed by atoms with Gasteiger partial charge in [-0.25, -0.2) is 4.79 Å². The van der Waals surface area contributed by atoms with E-state index >= 15 is 0 Å². The van der Waals surface area contributed by atoms with Gasteiger partial charge in [0, 0.05) is 0 Å². The smallest absolute Gasteiger partial charge is 0.338 e. The molecule has 0 saturated carbocycles. The molecule has 0 saturated heterocycles. The number of methoxy groups -OCH3 is 1. The first kappa shape index (κ1) is 20.3. The molecule has 2 aromatic carbocycles. The average molecular weight is 397 g/mol. The molecule has 0 aliphatic heterocycles. The third-order valence-electron chi connectivity index (χ3n) is 4.28. The van der Waals surface area contributed by atoms with Crippen LogP contribution in [0.5, 0.6) is 17.2 Å². The molecule has 7 nitrogen and oxygen atoms in total. The maximum atomic E-state index is 12.3. The van der Waals surface area contributed by atoms with Gasteiger partial charge >= 0.3 is 5.97 Å². The third kappa shape index (κ3) is 5.51. The topological polar surface area (TPSA) is 80.0 Å². The Morgan fingerprint density at radius 1 is 0.966 bits per heavy atom. The van der Waals surface area contributed by atoms with E-state index in [1.807, 2.05) is 13.8 Å². The maximum absolute atomic E-state index is 12.3. The number of benzene rings is 2. The molecule has 1 aromatic heterocycles. The summed E-state index contributed by atoms with van der Waals surface area (Å²) in [7, 11) is 1.60. The molecular formula is C22H23NO6. The lowest BCUT2D eigenvalue weighted by Gasteiger charge is -2.09. The summed E-state index contributed by atoms with van der Waals surface area (Å²) in [4.78, 5) is 12.3. The van der Waals surface area contributed by atoms with Gasteiger partial charge in [0.15, 0.2) is 0 Å². The number of nitrogens with zero attached hydrogens (tertiary/aromatic N) is 1. The first-order chi connectivity index (χ1) is 14.1. The normalized spacial score (nSPS) is 10.4. The number of carbonyl (C=O) groups excluding carboxylic acids is 1. The molecule has 0 N–H and O–H groups in total. The quantitative estimate of drug-likeness (QED) is 0.397. The zero-order valence-electron chi connectivity index (χ0n) is 16.6. The van der Waals surface area contributed by atoms with Gasteiger partial charge in [-0.1, -0.05) is 11.2 Å². The summed E-state index contributed by atoms with van der Waals surface area (Å²) in [6, 6.07) is 14.0.